The molecular weight excluding hydrogens is 256 g/mol. The van der Waals surface area contributed by atoms with Crippen LogP contribution >= 0.6 is 0 Å². The van der Waals surface area contributed by atoms with Gasteiger partial charge in [0.05, 0.1) is 6.04 Å². The number of hydrogen-bond donors (Lipinski definition) is 2. The third-order valence-electron chi connectivity index (χ3n) is 3.77. The van der Waals surface area contributed by atoms with E-state index in [4.69, 9.17) is 0 Å². The second-order valence-corrected chi connectivity index (χ2v) is 5.15. The summed E-state index contributed by atoms with van der Waals surface area (Å²) in [7, 11) is 0. The van der Waals surface area contributed by atoms with E-state index in [-0.39, 0.29) is 11.9 Å². The Bertz CT molecular complexity index is 399. The molecule has 1 aliphatic heterocycles. The smallest absolute Gasteiger partial charge is 0.237 e. The number of carbonyl (C=O) groups is 1. The van der Waals surface area contributed by atoms with E-state index in [2.05, 4.69) is 37.2 Å². The minimum absolute atomic E-state index is 0.0660. The lowest BCUT2D eigenvalue weighted by Gasteiger charge is -2.37. The molecule has 7 nitrogen and oxygen atoms in total. The molecule has 1 aromatic rings. The van der Waals surface area contributed by atoms with Crippen LogP contribution in [0, 0.1) is 0 Å². The van der Waals surface area contributed by atoms with Gasteiger partial charge in [-0.05, 0) is 13.3 Å². The standard InChI is InChI=1S/C13H24N6O/c1-3-4-5-14-12(20)11(2)18-6-8-19(9-7-18)13-15-10-16-17-13/h10-11H,3-9H2,1-2H3,(H,14,20)(H,15,16,17). The number of carbonyl (C=O) groups excluding carboxylic acids is 1. The number of anilines is 1. The highest BCUT2D eigenvalue weighted by molar-refractivity contribution is 5.81. The molecule has 1 fully saturated rings. The number of piperazine rings is 1. The fourth-order valence-electron chi connectivity index (χ4n) is 2.37. The zero-order valence-corrected chi connectivity index (χ0v) is 12.3. The maximum atomic E-state index is 12.0. The van der Waals surface area contributed by atoms with Gasteiger partial charge < -0.3 is 10.2 Å². The number of H-pyrrole nitrogens is 1. The zero-order valence-electron chi connectivity index (χ0n) is 12.3. The average molecular weight is 280 g/mol. The molecule has 2 rings (SSSR count). The Labute approximate surface area is 119 Å². The SMILES string of the molecule is CCCCNC(=O)C(C)N1CCN(c2ncn[nH]2)CC1. The van der Waals surface area contributed by atoms with Crippen LogP contribution in [0.15, 0.2) is 6.33 Å². The first-order valence-corrected chi connectivity index (χ1v) is 7.34. The van der Waals surface area contributed by atoms with Crippen LogP contribution in [0.4, 0.5) is 5.95 Å². The van der Waals surface area contributed by atoms with Gasteiger partial charge in [0.25, 0.3) is 0 Å². The van der Waals surface area contributed by atoms with Crippen LogP contribution in [0.3, 0.4) is 0 Å². The first-order chi connectivity index (χ1) is 9.72. The number of aromatic amines is 1. The van der Waals surface area contributed by atoms with Crippen molar-refractivity contribution in [2.24, 2.45) is 0 Å². The number of nitrogens with one attached hydrogen (secondary N) is 2. The van der Waals surface area contributed by atoms with Crippen molar-refractivity contribution < 1.29 is 4.79 Å². The van der Waals surface area contributed by atoms with Gasteiger partial charge in [-0.3, -0.25) is 9.69 Å². The summed E-state index contributed by atoms with van der Waals surface area (Å²) in [5.41, 5.74) is 0. The third-order valence-corrected chi connectivity index (χ3v) is 3.77. The van der Waals surface area contributed by atoms with E-state index in [1.54, 1.807) is 0 Å². The van der Waals surface area contributed by atoms with Gasteiger partial charge in [0, 0.05) is 32.7 Å². The first-order valence-electron chi connectivity index (χ1n) is 7.34. The van der Waals surface area contributed by atoms with Gasteiger partial charge in [-0.25, -0.2) is 5.10 Å². The maximum Gasteiger partial charge on any atom is 0.237 e. The molecule has 1 atom stereocenters. The molecule has 7 heteroatoms. The topological polar surface area (TPSA) is 77.2 Å². The lowest BCUT2D eigenvalue weighted by Crippen LogP contribution is -2.54. The lowest BCUT2D eigenvalue weighted by atomic mass is 10.2. The minimum Gasteiger partial charge on any atom is -0.355 e. The predicted molar refractivity (Wildman–Crippen MR) is 77.5 cm³/mol. The van der Waals surface area contributed by atoms with Crippen LogP contribution in [0.25, 0.3) is 0 Å². The molecule has 0 bridgehead atoms. The molecular formula is C13H24N6O. The van der Waals surface area contributed by atoms with Crippen molar-refractivity contribution in [2.75, 3.05) is 37.6 Å². The zero-order chi connectivity index (χ0) is 14.4. The molecule has 0 radical (unpaired) electrons. The molecule has 1 aliphatic rings. The number of aromatic nitrogens is 3. The highest BCUT2D eigenvalue weighted by Gasteiger charge is 2.26. The summed E-state index contributed by atoms with van der Waals surface area (Å²) in [5.74, 6) is 0.941. The summed E-state index contributed by atoms with van der Waals surface area (Å²) in [6.45, 7) is 8.33. The quantitative estimate of drug-likeness (QED) is 0.730. The van der Waals surface area contributed by atoms with Gasteiger partial charge in [-0.15, -0.1) is 0 Å². The van der Waals surface area contributed by atoms with Crippen LogP contribution < -0.4 is 10.2 Å². The Morgan fingerprint density at radius 1 is 1.45 bits per heavy atom. The number of hydrogen-bond acceptors (Lipinski definition) is 5. The van der Waals surface area contributed by atoms with Crippen molar-refractivity contribution in [2.45, 2.75) is 32.7 Å². The number of amides is 1. The molecule has 0 aliphatic carbocycles. The van der Waals surface area contributed by atoms with Gasteiger partial charge in [-0.2, -0.15) is 10.1 Å². The summed E-state index contributed by atoms with van der Waals surface area (Å²) in [5, 5.41) is 9.74. The first kappa shape index (κ1) is 14.8. The minimum atomic E-state index is -0.0660. The summed E-state index contributed by atoms with van der Waals surface area (Å²) in [4.78, 5) is 20.6. The average Bonchev–Trinajstić information content (AvgIpc) is 3.01. The van der Waals surface area contributed by atoms with E-state index in [9.17, 15) is 4.79 Å². The van der Waals surface area contributed by atoms with Gasteiger partial charge in [0.2, 0.25) is 11.9 Å². The van der Waals surface area contributed by atoms with E-state index >= 15 is 0 Å². The molecule has 0 aromatic carbocycles. The third kappa shape index (κ3) is 3.69. The molecule has 1 unspecified atom stereocenters. The molecule has 2 heterocycles. The van der Waals surface area contributed by atoms with E-state index in [1.165, 1.54) is 6.33 Å². The van der Waals surface area contributed by atoms with Crippen LogP contribution in [-0.2, 0) is 4.79 Å². The number of nitrogens with zero attached hydrogens (tertiary/aromatic N) is 4. The Balaban J connectivity index is 1.76. The summed E-state index contributed by atoms with van der Waals surface area (Å²) >= 11 is 0. The second-order valence-electron chi connectivity index (χ2n) is 5.15. The van der Waals surface area contributed by atoms with Gasteiger partial charge in [0.1, 0.15) is 6.33 Å². The Hall–Kier alpha value is -1.63. The van der Waals surface area contributed by atoms with E-state index in [0.717, 1.165) is 51.5 Å². The fourth-order valence-corrected chi connectivity index (χ4v) is 2.37. The molecule has 1 saturated heterocycles. The number of unbranched alkanes of at least 4 members (excludes halogenated alkanes) is 1. The molecule has 0 spiro atoms. The summed E-state index contributed by atoms with van der Waals surface area (Å²) in [6, 6.07) is -0.0660. The molecule has 1 aromatic heterocycles. The van der Waals surface area contributed by atoms with Crippen LogP contribution in [0.2, 0.25) is 0 Å². The van der Waals surface area contributed by atoms with Crippen molar-refractivity contribution in [3.05, 3.63) is 6.33 Å². The van der Waals surface area contributed by atoms with Gasteiger partial charge in [0.15, 0.2) is 0 Å². The number of rotatable bonds is 6. The Morgan fingerprint density at radius 3 is 2.80 bits per heavy atom. The summed E-state index contributed by atoms with van der Waals surface area (Å²) in [6.07, 6.45) is 3.66. The second kappa shape index (κ2) is 7.23. The largest absolute Gasteiger partial charge is 0.355 e. The van der Waals surface area contributed by atoms with Crippen molar-refractivity contribution in [3.63, 3.8) is 0 Å². The maximum absolute atomic E-state index is 12.0. The van der Waals surface area contributed by atoms with Crippen molar-refractivity contribution in [3.8, 4) is 0 Å². The highest BCUT2D eigenvalue weighted by Crippen LogP contribution is 2.11. The molecule has 20 heavy (non-hydrogen) atoms. The van der Waals surface area contributed by atoms with Gasteiger partial charge in [-0.1, -0.05) is 13.3 Å². The van der Waals surface area contributed by atoms with Crippen LogP contribution in [0.5, 0.6) is 0 Å². The predicted octanol–water partition coefficient (Wildman–Crippen LogP) is 0.232. The van der Waals surface area contributed by atoms with E-state index in [0.29, 0.717) is 0 Å². The fraction of sp³-hybridized carbons (Fsp3) is 0.769. The van der Waals surface area contributed by atoms with Gasteiger partial charge >= 0.3 is 0 Å². The monoisotopic (exact) mass is 280 g/mol. The van der Waals surface area contributed by atoms with Crippen molar-refractivity contribution in [1.29, 1.82) is 0 Å². The lowest BCUT2D eigenvalue weighted by molar-refractivity contribution is -0.126. The Kier molecular flexibility index (Phi) is 5.34. The van der Waals surface area contributed by atoms with Crippen LogP contribution in [-0.4, -0.2) is 64.8 Å². The highest BCUT2D eigenvalue weighted by atomic mass is 16.2. The van der Waals surface area contributed by atoms with Crippen molar-refractivity contribution >= 4 is 11.9 Å². The Morgan fingerprint density at radius 2 is 2.20 bits per heavy atom. The van der Waals surface area contributed by atoms with E-state index in [1.807, 2.05) is 6.92 Å². The van der Waals surface area contributed by atoms with Crippen LogP contribution in [0.1, 0.15) is 26.7 Å². The molecule has 1 amide bonds. The normalized spacial score (nSPS) is 18.0. The molecule has 2 N–H and O–H groups in total. The summed E-state index contributed by atoms with van der Waals surface area (Å²) < 4.78 is 0. The van der Waals surface area contributed by atoms with Crippen molar-refractivity contribution in [1.82, 2.24) is 25.4 Å². The molecule has 0 saturated carbocycles. The molecule has 112 valence electrons. The van der Waals surface area contributed by atoms with E-state index < -0.39 is 0 Å².